The van der Waals surface area contributed by atoms with Gasteiger partial charge in [0.15, 0.2) is 0 Å². The van der Waals surface area contributed by atoms with Gasteiger partial charge >= 0.3 is 0 Å². The minimum absolute atomic E-state index is 0.161. The molecule has 39 heavy (non-hydrogen) atoms. The number of anilines is 1. The van der Waals surface area contributed by atoms with Crippen LogP contribution in [0.4, 0.5) is 5.82 Å². The standard InChI is InChI=1S/C30H34Cl3N5O/c1-21(23-4-8-26(32)9-5-23)35-30(39)24-18-28(33)29(34-19-24)38-16-14-37(15-17-38)27-10-12-36(13-11-27)20-22-2-6-25(31)7-3-22/h2-9,18-19,21,27H,10-17,20H2,1H3,(H,35,39). The molecule has 1 aromatic heterocycles. The maximum absolute atomic E-state index is 12.8. The first-order valence-electron chi connectivity index (χ1n) is 13.5. The van der Waals surface area contributed by atoms with Crippen LogP contribution in [0.1, 0.15) is 47.3 Å². The summed E-state index contributed by atoms with van der Waals surface area (Å²) < 4.78 is 0. The fraction of sp³-hybridized carbons (Fsp3) is 0.400. The smallest absolute Gasteiger partial charge is 0.253 e. The van der Waals surface area contributed by atoms with Crippen molar-refractivity contribution >= 4 is 46.5 Å². The molecule has 1 unspecified atom stereocenters. The van der Waals surface area contributed by atoms with Gasteiger partial charge in [-0.1, -0.05) is 59.1 Å². The third kappa shape index (κ3) is 7.24. The number of benzene rings is 2. The van der Waals surface area contributed by atoms with Crippen molar-refractivity contribution < 1.29 is 4.79 Å². The second kappa shape index (κ2) is 12.9. The number of nitrogens with one attached hydrogen (secondary N) is 1. The Morgan fingerprint density at radius 1 is 0.923 bits per heavy atom. The molecule has 3 aromatic rings. The summed E-state index contributed by atoms with van der Waals surface area (Å²) in [6.07, 6.45) is 3.99. The predicted octanol–water partition coefficient (Wildman–Crippen LogP) is 6.32. The zero-order chi connectivity index (χ0) is 27.4. The molecule has 0 aliphatic carbocycles. The number of carbonyl (C=O) groups excluding carboxylic acids is 1. The van der Waals surface area contributed by atoms with Gasteiger partial charge in [0.25, 0.3) is 5.91 Å². The average Bonchev–Trinajstić information content (AvgIpc) is 2.95. The second-order valence-electron chi connectivity index (χ2n) is 10.4. The van der Waals surface area contributed by atoms with E-state index in [0.29, 0.717) is 21.7 Å². The third-order valence-electron chi connectivity index (χ3n) is 7.81. The van der Waals surface area contributed by atoms with E-state index < -0.39 is 0 Å². The van der Waals surface area contributed by atoms with E-state index in [2.05, 4.69) is 37.1 Å². The van der Waals surface area contributed by atoms with E-state index in [1.54, 1.807) is 12.3 Å². The summed E-state index contributed by atoms with van der Waals surface area (Å²) >= 11 is 18.6. The minimum Gasteiger partial charge on any atom is -0.353 e. The van der Waals surface area contributed by atoms with Gasteiger partial charge in [-0.15, -0.1) is 0 Å². The van der Waals surface area contributed by atoms with Gasteiger partial charge < -0.3 is 10.2 Å². The molecular weight excluding hydrogens is 553 g/mol. The van der Waals surface area contributed by atoms with Gasteiger partial charge in [0.05, 0.1) is 16.6 Å². The lowest BCUT2D eigenvalue weighted by Crippen LogP contribution is -2.53. The summed E-state index contributed by atoms with van der Waals surface area (Å²) in [5, 5.41) is 4.97. The number of likely N-dealkylation sites (tertiary alicyclic amines) is 1. The second-order valence-corrected chi connectivity index (χ2v) is 11.7. The van der Waals surface area contributed by atoms with Crippen LogP contribution in [0.25, 0.3) is 0 Å². The van der Waals surface area contributed by atoms with E-state index >= 15 is 0 Å². The van der Waals surface area contributed by atoms with Crippen molar-refractivity contribution in [1.82, 2.24) is 20.1 Å². The molecule has 1 atom stereocenters. The van der Waals surface area contributed by atoms with Crippen molar-refractivity contribution in [3.8, 4) is 0 Å². The molecule has 0 radical (unpaired) electrons. The van der Waals surface area contributed by atoms with E-state index in [-0.39, 0.29) is 11.9 Å². The van der Waals surface area contributed by atoms with Crippen LogP contribution in [0.3, 0.4) is 0 Å². The van der Waals surface area contributed by atoms with Crippen LogP contribution in [-0.2, 0) is 6.54 Å². The molecule has 206 valence electrons. The summed E-state index contributed by atoms with van der Waals surface area (Å²) in [4.78, 5) is 24.8. The van der Waals surface area contributed by atoms with Crippen molar-refractivity contribution in [3.05, 3.63) is 92.6 Å². The highest BCUT2D eigenvalue weighted by Gasteiger charge is 2.28. The summed E-state index contributed by atoms with van der Waals surface area (Å²) in [5.41, 5.74) is 2.75. The number of carbonyl (C=O) groups is 1. The zero-order valence-corrected chi connectivity index (χ0v) is 24.4. The topological polar surface area (TPSA) is 51.7 Å². The first-order chi connectivity index (χ1) is 18.9. The first kappa shape index (κ1) is 28.2. The molecule has 2 saturated heterocycles. The van der Waals surface area contributed by atoms with Crippen molar-refractivity contribution in [1.29, 1.82) is 0 Å². The number of piperidine rings is 1. The Morgan fingerprint density at radius 2 is 1.54 bits per heavy atom. The summed E-state index contributed by atoms with van der Waals surface area (Å²) in [7, 11) is 0. The number of rotatable bonds is 7. The van der Waals surface area contributed by atoms with Crippen LogP contribution < -0.4 is 10.2 Å². The van der Waals surface area contributed by atoms with Gasteiger partial charge in [0.2, 0.25) is 0 Å². The number of halogens is 3. The van der Waals surface area contributed by atoms with E-state index in [4.69, 9.17) is 34.8 Å². The zero-order valence-electron chi connectivity index (χ0n) is 22.1. The summed E-state index contributed by atoms with van der Waals surface area (Å²) in [6.45, 7) is 8.86. The van der Waals surface area contributed by atoms with E-state index in [1.807, 2.05) is 43.3 Å². The molecule has 0 saturated carbocycles. The Labute approximate surface area is 245 Å². The molecule has 5 rings (SSSR count). The maximum Gasteiger partial charge on any atom is 0.253 e. The molecule has 2 aliphatic heterocycles. The molecule has 6 nitrogen and oxygen atoms in total. The fourth-order valence-electron chi connectivity index (χ4n) is 5.49. The van der Waals surface area contributed by atoms with Crippen molar-refractivity contribution in [2.45, 2.75) is 38.4 Å². The number of nitrogens with zero attached hydrogens (tertiary/aromatic N) is 4. The van der Waals surface area contributed by atoms with Gasteiger partial charge in [-0.3, -0.25) is 14.6 Å². The van der Waals surface area contributed by atoms with Gasteiger partial charge in [-0.2, -0.15) is 0 Å². The highest BCUT2D eigenvalue weighted by Crippen LogP contribution is 2.27. The Kier molecular flexibility index (Phi) is 9.31. The van der Waals surface area contributed by atoms with Crippen LogP contribution in [-0.4, -0.2) is 66.0 Å². The lowest BCUT2D eigenvalue weighted by atomic mass is 10.0. The number of pyridine rings is 1. The van der Waals surface area contributed by atoms with Crippen molar-refractivity contribution in [2.24, 2.45) is 0 Å². The summed E-state index contributed by atoms with van der Waals surface area (Å²) in [6, 6.07) is 17.8. The maximum atomic E-state index is 12.8. The lowest BCUT2D eigenvalue weighted by molar-refractivity contribution is 0.0939. The number of aromatic nitrogens is 1. The molecule has 9 heteroatoms. The van der Waals surface area contributed by atoms with Crippen molar-refractivity contribution in [2.75, 3.05) is 44.2 Å². The molecule has 2 aliphatic rings. The Bertz CT molecular complexity index is 1250. The highest BCUT2D eigenvalue weighted by molar-refractivity contribution is 6.33. The molecule has 1 amide bonds. The number of hydrogen-bond donors (Lipinski definition) is 1. The van der Waals surface area contributed by atoms with Crippen LogP contribution in [0.5, 0.6) is 0 Å². The molecular formula is C30H34Cl3N5O. The number of piperazine rings is 1. The molecule has 0 bridgehead atoms. The van der Waals surface area contributed by atoms with Crippen LogP contribution >= 0.6 is 34.8 Å². The lowest BCUT2D eigenvalue weighted by Gasteiger charge is -2.43. The minimum atomic E-state index is -0.203. The van der Waals surface area contributed by atoms with Crippen LogP contribution in [0.15, 0.2) is 60.8 Å². The average molecular weight is 587 g/mol. The monoisotopic (exact) mass is 585 g/mol. The van der Waals surface area contributed by atoms with E-state index in [9.17, 15) is 4.79 Å². The van der Waals surface area contributed by atoms with Gasteiger partial charge in [0.1, 0.15) is 5.82 Å². The Morgan fingerprint density at radius 3 is 2.15 bits per heavy atom. The van der Waals surface area contributed by atoms with Gasteiger partial charge in [0, 0.05) is 55.0 Å². The van der Waals surface area contributed by atoms with Gasteiger partial charge in [-0.25, -0.2) is 4.98 Å². The number of hydrogen-bond acceptors (Lipinski definition) is 5. The first-order valence-corrected chi connectivity index (χ1v) is 14.7. The third-order valence-corrected chi connectivity index (χ3v) is 8.59. The van der Waals surface area contributed by atoms with Gasteiger partial charge in [-0.05, 0) is 74.3 Å². The van der Waals surface area contributed by atoms with Crippen LogP contribution in [0.2, 0.25) is 15.1 Å². The SMILES string of the molecule is CC(NC(=O)c1cnc(N2CCN(C3CCN(Cc4ccc(Cl)cc4)CC3)CC2)c(Cl)c1)c1ccc(Cl)cc1. The van der Waals surface area contributed by atoms with E-state index in [0.717, 1.165) is 62.2 Å². The fourth-order valence-corrected chi connectivity index (χ4v) is 6.03. The highest BCUT2D eigenvalue weighted by atomic mass is 35.5. The van der Waals surface area contributed by atoms with Crippen LogP contribution in [0, 0.1) is 0 Å². The predicted molar refractivity (Wildman–Crippen MR) is 160 cm³/mol. The molecule has 3 heterocycles. The normalized spacial score (nSPS) is 18.2. The molecule has 2 aromatic carbocycles. The molecule has 2 fully saturated rings. The Hall–Kier alpha value is -2.35. The molecule has 0 spiro atoms. The van der Waals surface area contributed by atoms with E-state index in [1.165, 1.54) is 18.4 Å². The van der Waals surface area contributed by atoms with Crippen molar-refractivity contribution in [3.63, 3.8) is 0 Å². The summed E-state index contributed by atoms with van der Waals surface area (Å²) in [5.74, 6) is 0.544. The Balaban J connectivity index is 1.10. The quantitative estimate of drug-likeness (QED) is 0.351. The largest absolute Gasteiger partial charge is 0.353 e. The molecule has 1 N–H and O–H groups in total. The number of amides is 1.